The number of hydrogen-bond donors (Lipinski definition) is 1. The van der Waals surface area contributed by atoms with E-state index < -0.39 is 11.5 Å². The summed E-state index contributed by atoms with van der Waals surface area (Å²) in [6.45, 7) is 4.52. The quantitative estimate of drug-likeness (QED) is 0.120. The maximum absolute atomic E-state index is 13.4. The van der Waals surface area contributed by atoms with Gasteiger partial charge >= 0.3 is 0 Å². The molecule has 260 valence electrons. The molecule has 0 radical (unpaired) electrons. The monoisotopic (exact) mass is 739 g/mol. The molecule has 2 saturated heterocycles. The number of halogens is 1. The Kier molecular flexibility index (Phi) is 9.93. The Labute approximate surface area is 310 Å². The van der Waals surface area contributed by atoms with Crippen LogP contribution in [0.1, 0.15) is 53.9 Å². The molecule has 6 aromatic rings. The molecule has 4 unspecified atom stereocenters. The van der Waals surface area contributed by atoms with Crippen molar-refractivity contribution in [3.63, 3.8) is 0 Å². The van der Waals surface area contributed by atoms with E-state index >= 15 is 0 Å². The fourth-order valence-electron chi connectivity index (χ4n) is 8.79. The van der Waals surface area contributed by atoms with E-state index in [2.05, 4.69) is 135 Å². The summed E-state index contributed by atoms with van der Waals surface area (Å²) in [5.74, 6) is 0.134. The number of rotatable bonds is 13. The van der Waals surface area contributed by atoms with Gasteiger partial charge in [0.15, 0.2) is 0 Å². The molecule has 6 heteroatoms. The number of piperazine rings is 1. The Bertz CT molecular complexity index is 2110. The van der Waals surface area contributed by atoms with Crippen molar-refractivity contribution >= 4 is 37.6 Å². The smallest absolute Gasteiger partial charge is 0.217 e. The summed E-state index contributed by atoms with van der Waals surface area (Å²) in [7, 11) is 1.68. The first kappa shape index (κ1) is 34.0. The average Bonchev–Trinajstić information content (AvgIpc) is 3.77. The first-order valence-corrected chi connectivity index (χ1v) is 19.2. The Morgan fingerprint density at radius 1 is 0.765 bits per heavy atom. The van der Waals surface area contributed by atoms with Crippen LogP contribution in [-0.2, 0) is 12.0 Å². The second-order valence-corrected chi connectivity index (χ2v) is 15.4. The van der Waals surface area contributed by atoms with Crippen LogP contribution >= 0.6 is 15.9 Å². The Morgan fingerprint density at radius 3 is 2.22 bits per heavy atom. The van der Waals surface area contributed by atoms with E-state index in [0.29, 0.717) is 24.4 Å². The van der Waals surface area contributed by atoms with E-state index in [9.17, 15) is 5.11 Å². The summed E-state index contributed by atoms with van der Waals surface area (Å²) >= 11 is 3.66. The molecule has 5 aromatic carbocycles. The van der Waals surface area contributed by atoms with Crippen molar-refractivity contribution in [1.29, 1.82) is 0 Å². The van der Waals surface area contributed by atoms with Gasteiger partial charge in [-0.3, -0.25) is 9.80 Å². The lowest BCUT2D eigenvalue weighted by atomic mass is 9.71. The highest BCUT2D eigenvalue weighted by Crippen LogP contribution is 2.48. The van der Waals surface area contributed by atoms with Crippen molar-refractivity contribution in [3.05, 3.63) is 154 Å². The minimum absolute atomic E-state index is 0.410. The molecule has 0 spiro atoms. The number of pyridine rings is 1. The molecular formula is C45H46BrN3O2. The van der Waals surface area contributed by atoms with Crippen LogP contribution in [0.25, 0.3) is 21.7 Å². The van der Waals surface area contributed by atoms with Crippen molar-refractivity contribution in [2.75, 3.05) is 33.3 Å². The first-order valence-electron chi connectivity index (χ1n) is 18.4. The summed E-state index contributed by atoms with van der Waals surface area (Å²) in [5, 5.41) is 16.7. The van der Waals surface area contributed by atoms with Gasteiger partial charge in [-0.2, -0.15) is 0 Å². The SMILES string of the molecule is COc1nc2ccc(Br)cc2cc1C(c1ccccc1)C(O)(CCCCN1CC2CC1CN2CCc1ccccc1)c1ccc2ccccc2c1. The van der Waals surface area contributed by atoms with Crippen LogP contribution in [0.4, 0.5) is 0 Å². The molecule has 2 aliphatic rings. The molecule has 1 N–H and O–H groups in total. The number of aliphatic hydroxyl groups is 1. The molecule has 1 aromatic heterocycles. The zero-order valence-electron chi connectivity index (χ0n) is 29.3. The predicted octanol–water partition coefficient (Wildman–Crippen LogP) is 9.35. The second-order valence-electron chi connectivity index (χ2n) is 14.5. The number of hydrogen-bond acceptors (Lipinski definition) is 5. The number of nitrogens with zero attached hydrogens (tertiary/aromatic N) is 3. The lowest BCUT2D eigenvalue weighted by Crippen LogP contribution is -2.47. The molecule has 5 nitrogen and oxygen atoms in total. The highest BCUT2D eigenvalue weighted by molar-refractivity contribution is 9.10. The number of fused-ring (bicyclic) bond motifs is 4. The second kappa shape index (κ2) is 14.9. The van der Waals surface area contributed by atoms with Crippen molar-refractivity contribution in [2.45, 2.75) is 55.7 Å². The van der Waals surface area contributed by atoms with E-state index in [0.717, 1.165) is 81.7 Å². The van der Waals surface area contributed by atoms with E-state index in [4.69, 9.17) is 9.72 Å². The van der Waals surface area contributed by atoms with Crippen LogP contribution in [0.15, 0.2) is 132 Å². The van der Waals surface area contributed by atoms with Crippen LogP contribution in [-0.4, -0.2) is 65.3 Å². The third-order valence-electron chi connectivity index (χ3n) is 11.4. The molecule has 3 heterocycles. The molecule has 2 aliphatic heterocycles. The number of unbranched alkanes of at least 4 members (excludes halogenated alkanes) is 1. The van der Waals surface area contributed by atoms with Crippen molar-refractivity contribution in [2.24, 2.45) is 0 Å². The predicted molar refractivity (Wildman–Crippen MR) is 211 cm³/mol. The number of benzene rings is 5. The molecule has 0 amide bonds. The molecule has 4 atom stereocenters. The summed E-state index contributed by atoms with van der Waals surface area (Å²) < 4.78 is 7.01. The van der Waals surface area contributed by atoms with Crippen LogP contribution < -0.4 is 4.74 Å². The van der Waals surface area contributed by atoms with Crippen LogP contribution in [0.5, 0.6) is 5.88 Å². The van der Waals surface area contributed by atoms with Gasteiger partial charge in [0.05, 0.1) is 12.6 Å². The lowest BCUT2D eigenvalue weighted by Gasteiger charge is -2.39. The molecule has 2 fully saturated rings. The third-order valence-corrected chi connectivity index (χ3v) is 11.9. The highest BCUT2D eigenvalue weighted by Gasteiger charge is 2.44. The van der Waals surface area contributed by atoms with Crippen molar-refractivity contribution < 1.29 is 9.84 Å². The third kappa shape index (κ3) is 7.07. The maximum atomic E-state index is 13.4. The van der Waals surface area contributed by atoms with Crippen LogP contribution in [0.3, 0.4) is 0 Å². The Hall–Kier alpha value is -4.07. The van der Waals surface area contributed by atoms with Gasteiger partial charge in [-0.05, 0) is 96.4 Å². The van der Waals surface area contributed by atoms with Gasteiger partial charge in [-0.25, -0.2) is 4.98 Å². The van der Waals surface area contributed by atoms with E-state index in [1.54, 1.807) is 7.11 Å². The standard InChI is InChI=1S/C45H46BrN3O2/c1-51-44-41(28-36-27-38(46)20-21-42(36)47-44)43(34-15-6-3-7-16-34)45(50,37-19-18-33-14-8-9-17-35(33)26-37)23-10-11-24-48-30-40-29-39(48)31-49(40)25-22-32-12-4-2-5-13-32/h2-9,12-21,26-28,39-40,43,50H,10-11,22-25,29-31H2,1H3. The summed E-state index contributed by atoms with van der Waals surface area (Å²) in [6.07, 6.45) is 4.93. The minimum Gasteiger partial charge on any atom is -0.481 e. The topological polar surface area (TPSA) is 48.8 Å². The Balaban J connectivity index is 1.07. The highest BCUT2D eigenvalue weighted by atomic mass is 79.9. The van der Waals surface area contributed by atoms with E-state index in [1.807, 2.05) is 18.2 Å². The van der Waals surface area contributed by atoms with Gasteiger partial charge in [0.25, 0.3) is 0 Å². The van der Waals surface area contributed by atoms with Gasteiger partial charge in [-0.1, -0.05) is 113 Å². The van der Waals surface area contributed by atoms with Crippen LogP contribution in [0, 0.1) is 0 Å². The number of likely N-dealkylation sites (tertiary alicyclic amines) is 2. The molecule has 8 rings (SSSR count). The molecular weight excluding hydrogens is 694 g/mol. The van der Waals surface area contributed by atoms with E-state index in [-0.39, 0.29) is 0 Å². The van der Waals surface area contributed by atoms with Crippen LogP contribution in [0.2, 0.25) is 0 Å². The fourth-order valence-corrected chi connectivity index (χ4v) is 9.17. The zero-order chi connectivity index (χ0) is 34.8. The molecule has 0 aliphatic carbocycles. The number of aromatic nitrogens is 1. The lowest BCUT2D eigenvalue weighted by molar-refractivity contribution is 0.00626. The van der Waals surface area contributed by atoms with Gasteiger partial charge < -0.3 is 9.84 Å². The minimum atomic E-state index is -1.22. The van der Waals surface area contributed by atoms with E-state index in [1.165, 1.54) is 18.5 Å². The molecule has 51 heavy (non-hydrogen) atoms. The molecule has 0 saturated carbocycles. The summed E-state index contributed by atoms with van der Waals surface area (Å²) in [6, 6.07) is 45.7. The summed E-state index contributed by atoms with van der Waals surface area (Å²) in [5.41, 5.74) is 3.90. The normalized spacial score (nSPS) is 19.4. The zero-order valence-corrected chi connectivity index (χ0v) is 30.9. The van der Waals surface area contributed by atoms with Gasteiger partial charge in [-0.15, -0.1) is 0 Å². The number of ether oxygens (including phenoxy) is 1. The van der Waals surface area contributed by atoms with Gasteiger partial charge in [0.2, 0.25) is 5.88 Å². The Morgan fingerprint density at radius 2 is 1.47 bits per heavy atom. The van der Waals surface area contributed by atoms with Gasteiger partial charge in [0, 0.05) is 53.1 Å². The van der Waals surface area contributed by atoms with Gasteiger partial charge in [0.1, 0.15) is 5.60 Å². The van der Waals surface area contributed by atoms with Crippen molar-refractivity contribution in [1.82, 2.24) is 14.8 Å². The maximum Gasteiger partial charge on any atom is 0.217 e. The fraction of sp³-hybridized carbons (Fsp3) is 0.311. The van der Waals surface area contributed by atoms with Crippen molar-refractivity contribution in [3.8, 4) is 5.88 Å². The first-order chi connectivity index (χ1) is 25.0. The molecule has 2 bridgehead atoms. The number of methoxy groups -OCH3 is 1. The largest absolute Gasteiger partial charge is 0.481 e. The average molecular weight is 741 g/mol. The summed E-state index contributed by atoms with van der Waals surface area (Å²) in [4.78, 5) is 10.4.